The van der Waals surface area contributed by atoms with Crippen molar-refractivity contribution in [1.29, 1.82) is 0 Å². The molecule has 4 nitrogen and oxygen atoms in total. The van der Waals surface area contributed by atoms with Gasteiger partial charge in [0.05, 0.1) is 17.1 Å². The highest BCUT2D eigenvalue weighted by molar-refractivity contribution is 7.91. The standard InChI is InChI=1S/C11H21NO3S/c13-11(5-2-1-3-6-11)9-12-10-4-7-16(14,15)8-10/h10,12-13H,1-9H2. The van der Waals surface area contributed by atoms with Crippen molar-refractivity contribution < 1.29 is 13.5 Å². The fourth-order valence-corrected chi connectivity index (χ4v) is 4.38. The van der Waals surface area contributed by atoms with Gasteiger partial charge in [-0.05, 0) is 19.3 Å². The summed E-state index contributed by atoms with van der Waals surface area (Å²) in [6.07, 6.45) is 5.76. The normalized spacial score (nSPS) is 32.7. The minimum atomic E-state index is -2.81. The Bertz CT molecular complexity index is 333. The average Bonchev–Trinajstić information content (AvgIpc) is 2.57. The van der Waals surface area contributed by atoms with Crippen LogP contribution in [0, 0.1) is 0 Å². The number of aliphatic hydroxyl groups is 1. The van der Waals surface area contributed by atoms with Crippen LogP contribution < -0.4 is 5.32 Å². The maximum Gasteiger partial charge on any atom is 0.151 e. The van der Waals surface area contributed by atoms with Gasteiger partial charge in [-0.15, -0.1) is 0 Å². The summed E-state index contributed by atoms with van der Waals surface area (Å²) >= 11 is 0. The van der Waals surface area contributed by atoms with Crippen LogP contribution in [-0.4, -0.2) is 43.2 Å². The Kier molecular flexibility index (Phi) is 3.56. The molecule has 0 aromatic carbocycles. The van der Waals surface area contributed by atoms with E-state index in [1.807, 2.05) is 0 Å². The number of hydrogen-bond donors (Lipinski definition) is 2. The molecule has 0 aromatic heterocycles. The lowest BCUT2D eigenvalue weighted by Gasteiger charge is -2.33. The summed E-state index contributed by atoms with van der Waals surface area (Å²) < 4.78 is 22.5. The minimum Gasteiger partial charge on any atom is -0.389 e. The largest absolute Gasteiger partial charge is 0.389 e. The van der Waals surface area contributed by atoms with Crippen LogP contribution in [0.1, 0.15) is 38.5 Å². The van der Waals surface area contributed by atoms with Crippen LogP contribution in [0.2, 0.25) is 0 Å². The Balaban J connectivity index is 1.79. The van der Waals surface area contributed by atoms with Gasteiger partial charge in [-0.3, -0.25) is 0 Å². The van der Waals surface area contributed by atoms with Crippen molar-refractivity contribution in [2.75, 3.05) is 18.1 Å². The van der Waals surface area contributed by atoms with E-state index < -0.39 is 15.4 Å². The topological polar surface area (TPSA) is 66.4 Å². The van der Waals surface area contributed by atoms with Gasteiger partial charge in [0.25, 0.3) is 0 Å². The van der Waals surface area contributed by atoms with Gasteiger partial charge in [-0.1, -0.05) is 19.3 Å². The summed E-state index contributed by atoms with van der Waals surface area (Å²) in [5.74, 6) is 0.534. The van der Waals surface area contributed by atoms with Gasteiger partial charge in [-0.25, -0.2) is 8.42 Å². The molecule has 0 radical (unpaired) electrons. The van der Waals surface area contributed by atoms with Crippen molar-refractivity contribution in [3.63, 3.8) is 0 Å². The highest BCUT2D eigenvalue weighted by atomic mass is 32.2. The molecular formula is C11H21NO3S. The Morgan fingerprint density at radius 2 is 1.94 bits per heavy atom. The van der Waals surface area contributed by atoms with Crippen LogP contribution in [0.3, 0.4) is 0 Å². The van der Waals surface area contributed by atoms with Crippen LogP contribution in [0.5, 0.6) is 0 Å². The molecular weight excluding hydrogens is 226 g/mol. The third-order valence-electron chi connectivity index (χ3n) is 3.74. The molecule has 16 heavy (non-hydrogen) atoms. The van der Waals surface area contributed by atoms with Gasteiger partial charge in [0.1, 0.15) is 0 Å². The van der Waals surface area contributed by atoms with Gasteiger partial charge in [-0.2, -0.15) is 0 Å². The van der Waals surface area contributed by atoms with Crippen molar-refractivity contribution in [3.05, 3.63) is 0 Å². The zero-order valence-electron chi connectivity index (χ0n) is 9.61. The van der Waals surface area contributed by atoms with Gasteiger partial charge in [0.15, 0.2) is 9.84 Å². The highest BCUT2D eigenvalue weighted by Crippen LogP contribution is 2.27. The third-order valence-corrected chi connectivity index (χ3v) is 5.50. The van der Waals surface area contributed by atoms with E-state index in [1.165, 1.54) is 6.42 Å². The Hall–Kier alpha value is -0.130. The van der Waals surface area contributed by atoms with Crippen LogP contribution >= 0.6 is 0 Å². The molecule has 0 bridgehead atoms. The van der Waals surface area contributed by atoms with Gasteiger partial charge >= 0.3 is 0 Å². The smallest absolute Gasteiger partial charge is 0.151 e. The summed E-state index contributed by atoms with van der Waals surface area (Å²) in [6, 6.07) is 0.0518. The first-order valence-electron chi connectivity index (χ1n) is 6.15. The first-order valence-corrected chi connectivity index (χ1v) is 7.98. The van der Waals surface area contributed by atoms with E-state index >= 15 is 0 Å². The van der Waals surface area contributed by atoms with Crippen molar-refractivity contribution in [1.82, 2.24) is 5.32 Å². The summed E-state index contributed by atoms with van der Waals surface area (Å²) in [7, 11) is -2.81. The summed E-state index contributed by atoms with van der Waals surface area (Å²) in [5.41, 5.74) is -0.593. The second-order valence-corrected chi connectivity index (χ2v) is 7.49. The zero-order chi connectivity index (χ0) is 11.6. The predicted octanol–water partition coefficient (Wildman–Crippen LogP) is 0.458. The number of nitrogens with one attached hydrogen (secondary N) is 1. The Morgan fingerprint density at radius 3 is 2.50 bits per heavy atom. The fourth-order valence-electron chi connectivity index (χ4n) is 2.68. The molecule has 2 rings (SSSR count). The summed E-state index contributed by atoms with van der Waals surface area (Å²) in [6.45, 7) is 0.549. The number of rotatable bonds is 3. The maximum atomic E-state index is 11.3. The van der Waals surface area contributed by atoms with Crippen LogP contribution in [0.25, 0.3) is 0 Å². The number of sulfone groups is 1. The van der Waals surface area contributed by atoms with E-state index in [1.54, 1.807) is 0 Å². The summed E-state index contributed by atoms with van der Waals surface area (Å²) in [4.78, 5) is 0. The van der Waals surface area contributed by atoms with Crippen molar-refractivity contribution in [2.45, 2.75) is 50.2 Å². The first kappa shape index (κ1) is 12.3. The average molecular weight is 247 g/mol. The van der Waals surface area contributed by atoms with E-state index in [0.29, 0.717) is 18.7 Å². The maximum absolute atomic E-state index is 11.3. The molecule has 1 saturated carbocycles. The van der Waals surface area contributed by atoms with Crippen molar-refractivity contribution in [3.8, 4) is 0 Å². The molecule has 1 atom stereocenters. The van der Waals surface area contributed by atoms with Crippen molar-refractivity contribution in [2.24, 2.45) is 0 Å². The summed E-state index contributed by atoms with van der Waals surface area (Å²) in [5, 5.41) is 13.5. The van der Waals surface area contributed by atoms with Crippen LogP contribution in [0.15, 0.2) is 0 Å². The molecule has 0 amide bonds. The minimum absolute atomic E-state index is 0.0518. The molecule has 94 valence electrons. The molecule has 1 aliphatic carbocycles. The molecule has 0 spiro atoms. The van der Waals surface area contributed by atoms with E-state index in [0.717, 1.165) is 25.7 Å². The monoisotopic (exact) mass is 247 g/mol. The SMILES string of the molecule is O=S1(=O)CCC(NCC2(O)CCCCC2)C1. The van der Waals surface area contributed by atoms with Crippen molar-refractivity contribution >= 4 is 9.84 Å². The molecule has 1 aliphatic heterocycles. The van der Waals surface area contributed by atoms with E-state index in [4.69, 9.17) is 0 Å². The molecule has 1 saturated heterocycles. The molecule has 2 fully saturated rings. The number of hydrogen-bond acceptors (Lipinski definition) is 4. The molecule has 1 heterocycles. The van der Waals surface area contributed by atoms with Gasteiger partial charge in [0, 0.05) is 12.6 Å². The quantitative estimate of drug-likeness (QED) is 0.760. The second-order valence-electron chi connectivity index (χ2n) is 5.27. The van der Waals surface area contributed by atoms with Gasteiger partial charge in [0.2, 0.25) is 0 Å². The lowest BCUT2D eigenvalue weighted by atomic mass is 9.85. The lowest BCUT2D eigenvalue weighted by Crippen LogP contribution is -2.46. The second kappa shape index (κ2) is 4.63. The van der Waals surface area contributed by atoms with Gasteiger partial charge < -0.3 is 10.4 Å². The van der Waals surface area contributed by atoms with E-state index in [2.05, 4.69) is 5.32 Å². The molecule has 2 N–H and O–H groups in total. The third kappa shape index (κ3) is 3.18. The van der Waals surface area contributed by atoms with E-state index in [9.17, 15) is 13.5 Å². The first-order chi connectivity index (χ1) is 7.49. The lowest BCUT2D eigenvalue weighted by molar-refractivity contribution is 0.00322. The van der Waals surface area contributed by atoms with Crippen LogP contribution in [-0.2, 0) is 9.84 Å². The Labute approximate surface area is 97.3 Å². The highest BCUT2D eigenvalue weighted by Gasteiger charge is 2.32. The Morgan fingerprint density at radius 1 is 1.25 bits per heavy atom. The molecule has 2 aliphatic rings. The van der Waals surface area contributed by atoms with E-state index in [-0.39, 0.29) is 11.8 Å². The predicted molar refractivity (Wildman–Crippen MR) is 63.1 cm³/mol. The molecule has 0 aromatic rings. The fraction of sp³-hybridized carbons (Fsp3) is 1.00. The molecule has 1 unspecified atom stereocenters. The van der Waals surface area contributed by atoms with Crippen LogP contribution in [0.4, 0.5) is 0 Å². The molecule has 5 heteroatoms. The zero-order valence-corrected chi connectivity index (χ0v) is 10.4.